The normalized spacial score (nSPS) is 18.8. The minimum Gasteiger partial charge on any atom is -0.447 e. The Morgan fingerprint density at radius 3 is 2.79 bits per heavy atom. The van der Waals surface area contributed by atoms with Crippen molar-refractivity contribution in [1.82, 2.24) is 20.2 Å². The zero-order valence-electron chi connectivity index (χ0n) is 14.1. The monoisotopic (exact) mass is 332 g/mol. The zero-order valence-corrected chi connectivity index (χ0v) is 14.1. The minimum absolute atomic E-state index is 0.0451. The molecule has 1 amide bonds. The molecule has 0 saturated carbocycles. The van der Waals surface area contributed by atoms with Gasteiger partial charge in [-0.3, -0.25) is 4.90 Å². The molecule has 9 heteroatoms. The van der Waals surface area contributed by atoms with Crippen molar-refractivity contribution in [3.05, 3.63) is 24.0 Å². The predicted molar refractivity (Wildman–Crippen MR) is 85.6 cm³/mol. The van der Waals surface area contributed by atoms with Crippen LogP contribution in [0.25, 0.3) is 0 Å². The number of hydrogen-bond donors (Lipinski definition) is 1. The average molecular weight is 332 g/mol. The molecule has 0 aliphatic carbocycles. The fourth-order valence-corrected chi connectivity index (χ4v) is 2.49. The van der Waals surface area contributed by atoms with E-state index in [9.17, 15) is 4.79 Å². The van der Waals surface area contributed by atoms with Crippen molar-refractivity contribution in [2.75, 3.05) is 16.8 Å². The maximum atomic E-state index is 12.0. The first-order valence-corrected chi connectivity index (χ1v) is 7.81. The summed E-state index contributed by atoms with van der Waals surface area (Å²) in [7, 11) is 0. The van der Waals surface area contributed by atoms with Crippen molar-refractivity contribution < 1.29 is 13.9 Å². The van der Waals surface area contributed by atoms with Gasteiger partial charge in [-0.15, -0.1) is 10.2 Å². The number of carbonyl (C=O) groups excluding carboxylic acids is 1. The second-order valence-corrected chi connectivity index (χ2v) is 6.02. The number of nitrogens with zero attached hydrogens (tertiary/aromatic N) is 5. The summed E-state index contributed by atoms with van der Waals surface area (Å²) in [5, 5.41) is 10.9. The van der Waals surface area contributed by atoms with Gasteiger partial charge in [-0.1, -0.05) is 13.8 Å². The Balaban J connectivity index is 1.80. The third kappa shape index (κ3) is 3.15. The number of aryl methyl sites for hydroxylation is 1. The van der Waals surface area contributed by atoms with Crippen LogP contribution in [0.15, 0.2) is 16.7 Å². The van der Waals surface area contributed by atoms with E-state index in [-0.39, 0.29) is 24.1 Å². The fraction of sp³-hybridized carbons (Fsp3) is 0.533. The average Bonchev–Trinajstić information content (AvgIpc) is 3.13. The molecule has 0 radical (unpaired) electrons. The van der Waals surface area contributed by atoms with Crippen molar-refractivity contribution in [3.63, 3.8) is 0 Å². The molecule has 3 heterocycles. The highest BCUT2D eigenvalue weighted by molar-refractivity contribution is 5.89. The van der Waals surface area contributed by atoms with Crippen molar-refractivity contribution in [3.8, 4) is 0 Å². The first-order valence-electron chi connectivity index (χ1n) is 7.81. The van der Waals surface area contributed by atoms with E-state index in [4.69, 9.17) is 9.15 Å². The van der Waals surface area contributed by atoms with Crippen LogP contribution in [0.2, 0.25) is 0 Å². The number of cyclic esters (lactones) is 1. The van der Waals surface area contributed by atoms with Crippen LogP contribution in [0, 0.1) is 12.8 Å². The van der Waals surface area contributed by atoms with Gasteiger partial charge in [0.2, 0.25) is 17.7 Å². The van der Waals surface area contributed by atoms with Gasteiger partial charge in [-0.25, -0.2) is 9.78 Å². The Morgan fingerprint density at radius 2 is 2.12 bits per heavy atom. The number of carbonyl (C=O) groups is 1. The van der Waals surface area contributed by atoms with E-state index >= 15 is 0 Å². The number of amides is 1. The van der Waals surface area contributed by atoms with E-state index in [0.717, 1.165) is 0 Å². The lowest BCUT2D eigenvalue weighted by molar-refractivity contribution is 0.177. The van der Waals surface area contributed by atoms with Gasteiger partial charge in [0.05, 0.1) is 6.04 Å². The van der Waals surface area contributed by atoms with Crippen molar-refractivity contribution in [2.24, 2.45) is 5.92 Å². The maximum absolute atomic E-state index is 12.0. The van der Waals surface area contributed by atoms with Crippen LogP contribution in [-0.4, -0.2) is 38.9 Å². The molecule has 2 atom stereocenters. The number of nitrogens with one attached hydrogen (secondary N) is 1. The highest BCUT2D eigenvalue weighted by Gasteiger charge is 2.37. The lowest BCUT2D eigenvalue weighted by atomic mass is 10.0. The van der Waals surface area contributed by atoms with Gasteiger partial charge < -0.3 is 14.5 Å². The van der Waals surface area contributed by atoms with Crippen LogP contribution in [-0.2, 0) is 4.74 Å². The summed E-state index contributed by atoms with van der Waals surface area (Å²) < 4.78 is 10.5. The summed E-state index contributed by atoms with van der Waals surface area (Å²) in [6.45, 7) is 8.04. The second kappa shape index (κ2) is 6.42. The molecule has 1 fully saturated rings. The number of hydrogen-bond acceptors (Lipinski definition) is 8. The first-order chi connectivity index (χ1) is 11.5. The SMILES string of the molecule is Cc1nnc(C(C)Nc2nccc(N3C(=O)OC[C@@H]3C(C)C)n2)o1. The van der Waals surface area contributed by atoms with Gasteiger partial charge >= 0.3 is 6.09 Å². The number of anilines is 2. The zero-order chi connectivity index (χ0) is 17.3. The Kier molecular flexibility index (Phi) is 4.32. The van der Waals surface area contributed by atoms with Crippen LogP contribution in [0.1, 0.15) is 38.6 Å². The molecule has 1 N–H and O–H groups in total. The molecule has 2 aromatic rings. The summed E-state index contributed by atoms with van der Waals surface area (Å²) in [6.07, 6.45) is 1.21. The molecule has 0 aromatic carbocycles. The summed E-state index contributed by atoms with van der Waals surface area (Å²) >= 11 is 0. The van der Waals surface area contributed by atoms with E-state index < -0.39 is 0 Å². The molecule has 9 nitrogen and oxygen atoms in total. The van der Waals surface area contributed by atoms with Gasteiger partial charge in [-0.05, 0) is 18.9 Å². The molecule has 3 rings (SSSR count). The van der Waals surface area contributed by atoms with Gasteiger partial charge in [0.1, 0.15) is 18.5 Å². The second-order valence-electron chi connectivity index (χ2n) is 6.02. The highest BCUT2D eigenvalue weighted by atomic mass is 16.6. The minimum atomic E-state index is -0.390. The van der Waals surface area contributed by atoms with Gasteiger partial charge in [0, 0.05) is 13.1 Å². The molecular weight excluding hydrogens is 312 g/mol. The Labute approximate surface area is 139 Å². The Morgan fingerprint density at radius 1 is 1.33 bits per heavy atom. The van der Waals surface area contributed by atoms with Crippen LogP contribution >= 0.6 is 0 Å². The van der Waals surface area contributed by atoms with Crippen LogP contribution in [0.3, 0.4) is 0 Å². The van der Waals surface area contributed by atoms with Crippen LogP contribution in [0.4, 0.5) is 16.6 Å². The van der Waals surface area contributed by atoms with Crippen molar-refractivity contribution >= 4 is 17.9 Å². The lowest BCUT2D eigenvalue weighted by Crippen LogP contribution is -2.37. The standard InChI is InChI=1S/C15H20N6O3/c1-8(2)11-7-23-15(22)21(11)12-5-6-16-14(18-12)17-9(3)13-20-19-10(4)24-13/h5-6,8-9,11H,7H2,1-4H3,(H,16,17,18)/t9?,11-/m1/s1. The first kappa shape index (κ1) is 16.2. The third-order valence-electron chi connectivity index (χ3n) is 3.82. The highest BCUT2D eigenvalue weighted by Crippen LogP contribution is 2.26. The molecule has 2 aromatic heterocycles. The molecule has 1 aliphatic rings. The summed E-state index contributed by atoms with van der Waals surface area (Å²) in [5.41, 5.74) is 0. The van der Waals surface area contributed by atoms with E-state index in [1.807, 2.05) is 20.8 Å². The van der Waals surface area contributed by atoms with Crippen LogP contribution < -0.4 is 10.2 Å². The molecule has 1 aliphatic heterocycles. The smallest absolute Gasteiger partial charge is 0.415 e. The summed E-state index contributed by atoms with van der Waals surface area (Å²) in [4.78, 5) is 22.2. The van der Waals surface area contributed by atoms with Gasteiger partial charge in [0.15, 0.2) is 0 Å². The Hall–Kier alpha value is -2.71. The molecule has 128 valence electrons. The van der Waals surface area contributed by atoms with Gasteiger partial charge in [-0.2, -0.15) is 4.98 Å². The van der Waals surface area contributed by atoms with E-state index in [2.05, 4.69) is 25.5 Å². The van der Waals surface area contributed by atoms with E-state index in [1.165, 1.54) is 0 Å². The molecule has 1 saturated heterocycles. The van der Waals surface area contributed by atoms with Crippen LogP contribution in [0.5, 0.6) is 0 Å². The summed E-state index contributed by atoms with van der Waals surface area (Å²) in [6, 6.07) is 1.39. The molecule has 1 unspecified atom stereocenters. The number of ether oxygens (including phenoxy) is 1. The largest absolute Gasteiger partial charge is 0.447 e. The maximum Gasteiger partial charge on any atom is 0.415 e. The van der Waals surface area contributed by atoms with Crippen molar-refractivity contribution in [1.29, 1.82) is 0 Å². The number of rotatable bonds is 5. The molecular formula is C15H20N6O3. The Bertz CT molecular complexity index is 732. The quantitative estimate of drug-likeness (QED) is 0.889. The third-order valence-corrected chi connectivity index (χ3v) is 3.82. The van der Waals surface area contributed by atoms with Crippen molar-refractivity contribution in [2.45, 2.75) is 39.8 Å². The van der Waals surface area contributed by atoms with E-state index in [0.29, 0.717) is 30.2 Å². The fourth-order valence-electron chi connectivity index (χ4n) is 2.49. The molecule has 0 bridgehead atoms. The topological polar surface area (TPSA) is 106 Å². The molecule has 0 spiro atoms. The van der Waals surface area contributed by atoms with E-state index in [1.54, 1.807) is 24.1 Å². The number of aromatic nitrogens is 4. The summed E-state index contributed by atoms with van der Waals surface area (Å²) in [5.74, 6) is 2.07. The predicted octanol–water partition coefficient (Wildman–Crippen LogP) is 2.32. The molecule has 24 heavy (non-hydrogen) atoms. The van der Waals surface area contributed by atoms with Gasteiger partial charge in [0.25, 0.3) is 0 Å². The lowest BCUT2D eigenvalue weighted by Gasteiger charge is -2.23.